The van der Waals surface area contributed by atoms with E-state index in [9.17, 15) is 14.4 Å². The average Bonchev–Trinajstić information content (AvgIpc) is 2.44. The summed E-state index contributed by atoms with van der Waals surface area (Å²) in [6.07, 6.45) is 1.32. The molecule has 1 amide bonds. The van der Waals surface area contributed by atoms with Crippen molar-refractivity contribution in [2.45, 2.75) is 19.9 Å². The van der Waals surface area contributed by atoms with Crippen LogP contribution in [-0.2, 0) is 0 Å². The van der Waals surface area contributed by atoms with Crippen LogP contribution in [-0.4, -0.2) is 40.0 Å². The van der Waals surface area contributed by atoms with Gasteiger partial charge >= 0.3 is 5.69 Å². The van der Waals surface area contributed by atoms with Crippen LogP contribution in [0.25, 0.3) is 11.0 Å². The molecular weight excluding hydrogens is 345 g/mol. The highest BCUT2D eigenvalue weighted by molar-refractivity contribution is 5.96. The quantitative estimate of drug-likeness (QED) is 0.604. The summed E-state index contributed by atoms with van der Waals surface area (Å²) >= 11 is 0. The lowest BCUT2D eigenvalue weighted by Gasteiger charge is -2.13. The molecule has 128 valence electrons. The molecule has 2 aromatic rings. The number of fused-ring (bicyclic) bond motifs is 1. The number of nitrogens with zero attached hydrogens (tertiary/aromatic N) is 1. The van der Waals surface area contributed by atoms with Gasteiger partial charge in [0, 0.05) is 18.8 Å². The van der Waals surface area contributed by atoms with Crippen LogP contribution in [0.1, 0.15) is 24.2 Å². The first-order chi connectivity index (χ1) is 10.0. The molecule has 0 saturated carbocycles. The van der Waals surface area contributed by atoms with Crippen molar-refractivity contribution in [2.75, 3.05) is 13.1 Å². The van der Waals surface area contributed by atoms with Crippen molar-refractivity contribution in [1.29, 1.82) is 0 Å². The van der Waals surface area contributed by atoms with Gasteiger partial charge in [-0.2, -0.15) is 0 Å². The van der Waals surface area contributed by atoms with Crippen molar-refractivity contribution < 1.29 is 4.79 Å². The molecule has 0 aliphatic rings. The molecule has 0 aliphatic carbocycles. The van der Waals surface area contributed by atoms with Crippen LogP contribution in [0.4, 0.5) is 0 Å². The number of H-pyrrole nitrogens is 2. The van der Waals surface area contributed by atoms with Crippen LogP contribution >= 0.6 is 24.8 Å². The number of pyridine rings is 1. The maximum absolute atomic E-state index is 12.0. The van der Waals surface area contributed by atoms with Crippen LogP contribution in [0, 0.1) is 0 Å². The molecular formula is C13H19Cl2N5O3. The van der Waals surface area contributed by atoms with E-state index in [1.165, 1.54) is 12.3 Å². The second kappa shape index (κ2) is 9.29. The van der Waals surface area contributed by atoms with Gasteiger partial charge in [-0.3, -0.25) is 19.6 Å². The van der Waals surface area contributed by atoms with E-state index in [4.69, 9.17) is 0 Å². The summed E-state index contributed by atoms with van der Waals surface area (Å²) in [5, 5.41) is 6.09. The summed E-state index contributed by atoms with van der Waals surface area (Å²) in [5.41, 5.74) is -0.779. The lowest BCUT2D eigenvalue weighted by Crippen LogP contribution is -2.38. The Morgan fingerprint density at radius 2 is 2.00 bits per heavy atom. The Morgan fingerprint density at radius 1 is 1.30 bits per heavy atom. The fourth-order valence-corrected chi connectivity index (χ4v) is 1.94. The van der Waals surface area contributed by atoms with Crippen molar-refractivity contribution in [1.82, 2.24) is 25.6 Å². The maximum atomic E-state index is 12.0. The lowest BCUT2D eigenvalue weighted by molar-refractivity contribution is 0.0950. The van der Waals surface area contributed by atoms with Gasteiger partial charge in [0.15, 0.2) is 0 Å². The van der Waals surface area contributed by atoms with Gasteiger partial charge in [-0.15, -0.1) is 24.8 Å². The zero-order valence-electron chi connectivity index (χ0n) is 12.6. The molecule has 0 aliphatic heterocycles. The molecule has 0 spiro atoms. The number of hydrogen-bond donors (Lipinski definition) is 4. The molecule has 0 unspecified atom stereocenters. The molecule has 1 atom stereocenters. The van der Waals surface area contributed by atoms with Crippen molar-refractivity contribution >= 4 is 41.8 Å². The number of hydrogen-bond acceptors (Lipinski definition) is 5. The van der Waals surface area contributed by atoms with Crippen molar-refractivity contribution in [3.8, 4) is 0 Å². The SMILES string of the molecule is CCN[C@H](C)CNC(=O)c1cnc2[nH]c(=O)[nH]c(=O)c2c1.Cl.Cl. The lowest BCUT2D eigenvalue weighted by atomic mass is 10.2. The van der Waals surface area contributed by atoms with E-state index < -0.39 is 11.2 Å². The predicted molar refractivity (Wildman–Crippen MR) is 93.0 cm³/mol. The molecule has 0 saturated heterocycles. The smallest absolute Gasteiger partial charge is 0.327 e. The molecule has 2 rings (SSSR count). The van der Waals surface area contributed by atoms with Crippen LogP contribution in [0.3, 0.4) is 0 Å². The molecule has 0 aromatic carbocycles. The van der Waals surface area contributed by atoms with Crippen molar-refractivity contribution in [2.24, 2.45) is 0 Å². The number of amides is 1. The number of carbonyl (C=O) groups is 1. The minimum atomic E-state index is -0.628. The second-order valence-corrected chi connectivity index (χ2v) is 4.70. The zero-order valence-corrected chi connectivity index (χ0v) is 14.3. The van der Waals surface area contributed by atoms with Crippen LogP contribution in [0.5, 0.6) is 0 Å². The first-order valence-electron chi connectivity index (χ1n) is 6.65. The van der Waals surface area contributed by atoms with E-state index in [0.29, 0.717) is 6.54 Å². The Kier molecular flexibility index (Phi) is 8.52. The summed E-state index contributed by atoms with van der Waals surface area (Å²) in [5.74, 6) is -0.320. The maximum Gasteiger partial charge on any atom is 0.327 e. The van der Waals surface area contributed by atoms with Gasteiger partial charge in [-0.1, -0.05) is 6.92 Å². The summed E-state index contributed by atoms with van der Waals surface area (Å²) in [6, 6.07) is 1.55. The van der Waals surface area contributed by atoms with E-state index in [0.717, 1.165) is 6.54 Å². The van der Waals surface area contributed by atoms with Crippen LogP contribution in [0.2, 0.25) is 0 Å². The van der Waals surface area contributed by atoms with E-state index in [-0.39, 0.29) is 53.4 Å². The third kappa shape index (κ3) is 5.34. The number of aromatic nitrogens is 3. The Hall–Kier alpha value is -1.90. The predicted octanol–water partition coefficient (Wildman–Crippen LogP) is 0.183. The number of aromatic amines is 2. The number of rotatable bonds is 5. The minimum Gasteiger partial charge on any atom is -0.350 e. The second-order valence-electron chi connectivity index (χ2n) is 4.70. The van der Waals surface area contributed by atoms with E-state index >= 15 is 0 Å². The highest BCUT2D eigenvalue weighted by Crippen LogP contribution is 2.05. The Labute approximate surface area is 144 Å². The first kappa shape index (κ1) is 21.1. The Morgan fingerprint density at radius 3 is 2.65 bits per heavy atom. The minimum absolute atomic E-state index is 0. The third-order valence-corrected chi connectivity index (χ3v) is 2.97. The molecule has 4 N–H and O–H groups in total. The third-order valence-electron chi connectivity index (χ3n) is 2.97. The normalized spacial score (nSPS) is 11.2. The molecule has 2 heterocycles. The monoisotopic (exact) mass is 363 g/mol. The summed E-state index contributed by atoms with van der Waals surface area (Å²) in [6.45, 7) is 5.22. The Bertz CT molecular complexity index is 774. The van der Waals surface area contributed by atoms with Gasteiger partial charge in [-0.05, 0) is 19.5 Å². The number of carbonyl (C=O) groups excluding carboxylic acids is 1. The van der Waals surface area contributed by atoms with E-state index in [2.05, 4.69) is 25.6 Å². The number of likely N-dealkylation sites (N-methyl/N-ethyl adjacent to an activating group) is 1. The average molecular weight is 364 g/mol. The Balaban J connectivity index is 0.00000242. The number of nitrogens with one attached hydrogen (secondary N) is 4. The summed E-state index contributed by atoms with van der Waals surface area (Å²) in [7, 11) is 0. The van der Waals surface area contributed by atoms with E-state index in [1.807, 2.05) is 13.8 Å². The fraction of sp³-hybridized carbons (Fsp3) is 0.385. The molecule has 10 heteroatoms. The zero-order chi connectivity index (χ0) is 15.4. The van der Waals surface area contributed by atoms with Crippen LogP contribution < -0.4 is 21.9 Å². The van der Waals surface area contributed by atoms with Gasteiger partial charge in [0.1, 0.15) is 5.65 Å². The molecule has 2 aromatic heterocycles. The largest absolute Gasteiger partial charge is 0.350 e. The van der Waals surface area contributed by atoms with Crippen molar-refractivity contribution in [3.63, 3.8) is 0 Å². The van der Waals surface area contributed by atoms with Gasteiger partial charge in [-0.25, -0.2) is 9.78 Å². The highest BCUT2D eigenvalue weighted by Gasteiger charge is 2.10. The molecule has 0 radical (unpaired) electrons. The topological polar surface area (TPSA) is 120 Å². The molecule has 0 fully saturated rings. The molecule has 23 heavy (non-hydrogen) atoms. The van der Waals surface area contributed by atoms with Gasteiger partial charge < -0.3 is 10.6 Å². The van der Waals surface area contributed by atoms with E-state index in [1.54, 1.807) is 0 Å². The highest BCUT2D eigenvalue weighted by atomic mass is 35.5. The summed E-state index contributed by atoms with van der Waals surface area (Å²) < 4.78 is 0. The molecule has 0 bridgehead atoms. The van der Waals surface area contributed by atoms with Crippen LogP contribution in [0.15, 0.2) is 21.9 Å². The van der Waals surface area contributed by atoms with Gasteiger partial charge in [0.25, 0.3) is 11.5 Å². The van der Waals surface area contributed by atoms with Crippen molar-refractivity contribution in [3.05, 3.63) is 38.7 Å². The first-order valence-corrected chi connectivity index (χ1v) is 6.65. The van der Waals surface area contributed by atoms with Gasteiger partial charge in [0.05, 0.1) is 10.9 Å². The molecule has 8 nitrogen and oxygen atoms in total. The fourth-order valence-electron chi connectivity index (χ4n) is 1.94. The van der Waals surface area contributed by atoms with Gasteiger partial charge in [0.2, 0.25) is 0 Å². The standard InChI is InChI=1S/C13H17N5O3.2ClH/c1-3-14-7(2)5-16-11(19)8-4-9-10(15-6-8)17-13(21)18-12(9)20;;/h4,6-7,14H,3,5H2,1-2H3,(H,16,19)(H2,15,17,18,20,21);2*1H/t7-;;/m1../s1. The number of halogens is 2. The summed E-state index contributed by atoms with van der Waals surface area (Å²) in [4.78, 5) is 43.2.